The number of Topliss-reactive ketones (excluding diaryl/α,β-unsaturated/α-hetero) is 1. The fraction of sp³-hybridized carbons (Fsp3) is 0.957. The molecule has 1 rings (SSSR count). The molecule has 0 aromatic heterocycles. The van der Waals surface area contributed by atoms with Gasteiger partial charge in [-0.3, -0.25) is 4.79 Å². The van der Waals surface area contributed by atoms with Crippen molar-refractivity contribution in [1.29, 1.82) is 0 Å². The molecule has 0 aromatic rings. The lowest BCUT2D eigenvalue weighted by molar-refractivity contribution is -0.128. The van der Waals surface area contributed by atoms with Crippen LogP contribution in [-0.2, 0) is 9.53 Å². The fourth-order valence-electron chi connectivity index (χ4n) is 4.36. The second-order valence-electron chi connectivity index (χ2n) is 12.4. The summed E-state index contributed by atoms with van der Waals surface area (Å²) >= 11 is 0. The number of rotatable bonds is 12. The van der Waals surface area contributed by atoms with Crippen molar-refractivity contribution in [3.8, 4) is 0 Å². The molecular formula is C23H45B4NO2. The molecule has 3 unspecified atom stereocenters. The summed E-state index contributed by atoms with van der Waals surface area (Å²) in [5.74, 6) is 1.18. The van der Waals surface area contributed by atoms with Crippen molar-refractivity contribution >= 4 is 34.5 Å². The first-order valence-electron chi connectivity index (χ1n) is 11.9. The molecule has 0 bridgehead atoms. The number of hydrogen-bond donors (Lipinski definition) is 1. The molecule has 2 N–H and O–H groups in total. The van der Waals surface area contributed by atoms with E-state index < -0.39 is 5.72 Å². The highest BCUT2D eigenvalue weighted by atomic mass is 16.5. The molecule has 3 atom stereocenters. The van der Waals surface area contributed by atoms with Gasteiger partial charge in [0.2, 0.25) is 0 Å². The summed E-state index contributed by atoms with van der Waals surface area (Å²) in [5, 5.41) is 0.0822. The summed E-state index contributed by atoms with van der Waals surface area (Å²) < 4.78 is 6.00. The molecule has 7 heteroatoms. The smallest absolute Gasteiger partial charge is 0.138 e. The average Bonchev–Trinajstić information content (AvgIpc) is 2.57. The molecule has 1 aliphatic carbocycles. The van der Waals surface area contributed by atoms with E-state index in [9.17, 15) is 4.79 Å². The third kappa shape index (κ3) is 7.47. The molecule has 4 radical (unpaired) electrons. The lowest BCUT2D eigenvalue weighted by atomic mass is 9.04. The minimum atomic E-state index is -0.798. The Balaban J connectivity index is 2.57. The minimum Gasteiger partial charge on any atom is -0.361 e. The fourth-order valence-corrected chi connectivity index (χ4v) is 4.36. The van der Waals surface area contributed by atoms with Crippen LogP contribution in [0.2, 0.25) is 22.3 Å². The van der Waals surface area contributed by atoms with E-state index in [4.69, 9.17) is 25.9 Å². The van der Waals surface area contributed by atoms with Gasteiger partial charge in [-0.05, 0) is 19.8 Å². The van der Waals surface area contributed by atoms with Gasteiger partial charge in [0.25, 0.3) is 0 Å². The van der Waals surface area contributed by atoms with E-state index >= 15 is 0 Å². The highest BCUT2D eigenvalue weighted by Crippen LogP contribution is 2.56. The van der Waals surface area contributed by atoms with E-state index in [1.54, 1.807) is 0 Å². The van der Waals surface area contributed by atoms with Gasteiger partial charge in [0.1, 0.15) is 24.7 Å². The maximum atomic E-state index is 12.2. The normalized spacial score (nSPS) is 22.2. The molecular weight excluding hydrogens is 366 g/mol. The van der Waals surface area contributed by atoms with Crippen molar-refractivity contribution in [2.24, 2.45) is 11.1 Å². The first-order valence-corrected chi connectivity index (χ1v) is 11.9. The van der Waals surface area contributed by atoms with Crippen LogP contribution < -0.4 is 5.73 Å². The summed E-state index contributed by atoms with van der Waals surface area (Å²) in [7, 11) is 13.4. The highest BCUT2D eigenvalue weighted by Gasteiger charge is 2.47. The van der Waals surface area contributed by atoms with Gasteiger partial charge in [0.05, 0.1) is 0 Å². The molecule has 1 aliphatic rings. The van der Waals surface area contributed by atoms with Gasteiger partial charge in [-0.1, -0.05) is 96.9 Å². The molecule has 0 spiro atoms. The van der Waals surface area contributed by atoms with E-state index in [-0.39, 0.29) is 35.0 Å². The lowest BCUT2D eigenvalue weighted by Crippen LogP contribution is -2.48. The molecule has 0 amide bonds. The number of hydrogen-bond acceptors (Lipinski definition) is 3. The van der Waals surface area contributed by atoms with Crippen molar-refractivity contribution in [3.05, 3.63) is 0 Å². The van der Waals surface area contributed by atoms with Gasteiger partial charge in [0.15, 0.2) is 0 Å². The number of nitrogens with two attached hydrogens (primary N) is 1. The molecule has 0 aromatic carbocycles. The molecule has 0 saturated heterocycles. The molecule has 0 aliphatic heterocycles. The van der Waals surface area contributed by atoms with Crippen LogP contribution in [0.4, 0.5) is 0 Å². The van der Waals surface area contributed by atoms with Gasteiger partial charge < -0.3 is 10.5 Å². The zero-order valence-electron chi connectivity index (χ0n) is 21.3. The quantitative estimate of drug-likeness (QED) is 0.351. The SMILES string of the molecule is [B]B(C1CCC1B([B])C(C)(C)CCOC(C)(N)CCC(=O)C(C)(C)C)C(C)(C)CC. The monoisotopic (exact) mass is 411 g/mol. The second kappa shape index (κ2) is 10.2. The van der Waals surface area contributed by atoms with Crippen LogP contribution in [-0.4, -0.2) is 46.8 Å². The molecule has 1 saturated carbocycles. The Morgan fingerprint density at radius 1 is 0.933 bits per heavy atom. The average molecular weight is 411 g/mol. The van der Waals surface area contributed by atoms with Crippen LogP contribution >= 0.6 is 0 Å². The van der Waals surface area contributed by atoms with E-state index in [1.807, 2.05) is 27.7 Å². The summed E-state index contributed by atoms with van der Waals surface area (Å²) in [6.45, 7) is 19.7. The molecule has 1 fully saturated rings. The van der Waals surface area contributed by atoms with Gasteiger partial charge in [-0.15, -0.1) is 0 Å². The number of carbonyl (C=O) groups is 1. The van der Waals surface area contributed by atoms with E-state index in [2.05, 4.69) is 34.6 Å². The molecule has 166 valence electrons. The number of carbonyl (C=O) groups excluding carboxylic acids is 1. The van der Waals surface area contributed by atoms with E-state index in [1.165, 1.54) is 6.42 Å². The van der Waals surface area contributed by atoms with Crippen molar-refractivity contribution in [1.82, 2.24) is 0 Å². The Bertz CT molecular complexity index is 572. The van der Waals surface area contributed by atoms with Gasteiger partial charge in [-0.25, -0.2) is 0 Å². The van der Waals surface area contributed by atoms with Crippen molar-refractivity contribution in [2.45, 2.75) is 129 Å². The van der Waals surface area contributed by atoms with Crippen LogP contribution in [0.25, 0.3) is 0 Å². The zero-order chi connectivity index (χ0) is 23.5. The predicted molar refractivity (Wildman–Crippen MR) is 135 cm³/mol. The third-order valence-electron chi connectivity index (χ3n) is 7.88. The standard InChI is InChI=1S/C23H45B4NO2/c1-10-21(5,6)26(24)17-11-12-18(17)27(25)22(7,8)15-16-30-23(9,28)14-13-19(29)20(2,3)4/h17-18H,10-16,28H2,1-9H3. The van der Waals surface area contributed by atoms with E-state index in [0.29, 0.717) is 31.1 Å². The molecule has 0 heterocycles. The van der Waals surface area contributed by atoms with Crippen molar-refractivity contribution in [3.63, 3.8) is 0 Å². The molecule has 30 heavy (non-hydrogen) atoms. The molecule has 3 nitrogen and oxygen atoms in total. The van der Waals surface area contributed by atoms with Crippen molar-refractivity contribution in [2.75, 3.05) is 6.61 Å². The summed E-state index contributed by atoms with van der Waals surface area (Å²) in [4.78, 5) is 12.2. The topological polar surface area (TPSA) is 52.3 Å². The van der Waals surface area contributed by atoms with Crippen molar-refractivity contribution < 1.29 is 9.53 Å². The predicted octanol–water partition coefficient (Wildman–Crippen LogP) is 5.29. The first kappa shape index (κ1) is 27.9. The number of ether oxygens (including phenoxy) is 1. The largest absolute Gasteiger partial charge is 0.361 e. The maximum absolute atomic E-state index is 12.2. The summed E-state index contributed by atoms with van der Waals surface area (Å²) in [5.41, 5.74) is 5.18. The Morgan fingerprint density at radius 3 is 1.80 bits per heavy atom. The Labute approximate surface area is 190 Å². The lowest BCUT2D eigenvalue weighted by Gasteiger charge is -2.51. The Morgan fingerprint density at radius 2 is 1.40 bits per heavy atom. The van der Waals surface area contributed by atoms with Gasteiger partial charge in [-0.2, -0.15) is 0 Å². The van der Waals surface area contributed by atoms with Gasteiger partial charge >= 0.3 is 0 Å². The van der Waals surface area contributed by atoms with Crippen LogP contribution in [0.15, 0.2) is 0 Å². The van der Waals surface area contributed by atoms with Crippen LogP contribution in [0.1, 0.15) is 101 Å². The third-order valence-corrected chi connectivity index (χ3v) is 7.88. The second-order valence-corrected chi connectivity index (χ2v) is 12.4. The minimum absolute atomic E-state index is 0.0588. The first-order chi connectivity index (χ1) is 13.4. The van der Waals surface area contributed by atoms with Gasteiger partial charge in [0, 0.05) is 33.9 Å². The maximum Gasteiger partial charge on any atom is 0.138 e. The van der Waals surface area contributed by atoms with Crippen LogP contribution in [0.5, 0.6) is 0 Å². The highest BCUT2D eigenvalue weighted by molar-refractivity contribution is 7.10. The van der Waals surface area contributed by atoms with Crippen LogP contribution in [0.3, 0.4) is 0 Å². The van der Waals surface area contributed by atoms with E-state index in [0.717, 1.165) is 19.3 Å². The number of ketones is 1. The zero-order valence-corrected chi connectivity index (χ0v) is 21.3. The Kier molecular flexibility index (Phi) is 9.48. The summed E-state index contributed by atoms with van der Waals surface area (Å²) in [6, 6.07) is 0. The van der Waals surface area contributed by atoms with Crippen LogP contribution in [0, 0.1) is 5.41 Å². The summed E-state index contributed by atoms with van der Waals surface area (Å²) in [6.07, 6.45) is 5.22. The Hall–Kier alpha value is -0.150.